The quantitative estimate of drug-likeness (QED) is 0.502. The van der Waals surface area contributed by atoms with Crippen molar-refractivity contribution in [3.63, 3.8) is 0 Å². The smallest absolute Gasteiger partial charge is 0.338 e. The third kappa shape index (κ3) is 3.66. The van der Waals surface area contributed by atoms with Crippen LogP contribution >= 0.6 is 0 Å². The Hall–Kier alpha value is -4.31. The van der Waals surface area contributed by atoms with Gasteiger partial charge in [0.25, 0.3) is 5.91 Å². The third-order valence-electron chi connectivity index (χ3n) is 4.56. The summed E-state index contributed by atoms with van der Waals surface area (Å²) in [6.45, 7) is -0.472. The van der Waals surface area contributed by atoms with E-state index < -0.39 is 18.5 Å². The summed E-state index contributed by atoms with van der Waals surface area (Å²) in [5, 5.41) is 13.3. The zero-order chi connectivity index (χ0) is 21.1. The highest BCUT2D eigenvalue weighted by Crippen LogP contribution is 2.36. The topological polar surface area (TPSA) is 102 Å². The van der Waals surface area contributed by atoms with E-state index in [-0.39, 0.29) is 5.56 Å². The van der Waals surface area contributed by atoms with Crippen LogP contribution in [0.15, 0.2) is 65.1 Å². The van der Waals surface area contributed by atoms with Crippen LogP contribution in [0.4, 0.5) is 5.69 Å². The van der Waals surface area contributed by atoms with Gasteiger partial charge in [0.2, 0.25) is 0 Å². The molecule has 7 heteroatoms. The van der Waals surface area contributed by atoms with Crippen LogP contribution in [0.5, 0.6) is 5.75 Å². The molecule has 0 aliphatic rings. The predicted octanol–water partition coefficient (Wildman–Crippen LogP) is 4.26. The number of carbonyl (C=O) groups excluding carboxylic acids is 2. The van der Waals surface area contributed by atoms with Crippen LogP contribution in [0.2, 0.25) is 0 Å². The van der Waals surface area contributed by atoms with Crippen LogP contribution in [-0.2, 0) is 9.53 Å². The molecule has 0 saturated heterocycles. The predicted molar refractivity (Wildman–Crippen MR) is 110 cm³/mol. The van der Waals surface area contributed by atoms with Crippen LogP contribution in [-0.4, -0.2) is 25.6 Å². The molecule has 148 valence electrons. The van der Waals surface area contributed by atoms with Crippen molar-refractivity contribution in [3.05, 3.63) is 71.8 Å². The fourth-order valence-electron chi connectivity index (χ4n) is 3.10. The molecule has 1 N–H and O–H groups in total. The Labute approximate surface area is 171 Å². The Bertz CT molecular complexity index is 1300. The zero-order valence-electron chi connectivity index (χ0n) is 16.0. The number of methoxy groups -OCH3 is 1. The highest BCUT2D eigenvalue weighted by molar-refractivity contribution is 6.08. The lowest BCUT2D eigenvalue weighted by atomic mass is 10.1. The fourth-order valence-corrected chi connectivity index (χ4v) is 3.10. The monoisotopic (exact) mass is 400 g/mol. The Balaban J connectivity index is 1.48. The first-order valence-corrected chi connectivity index (χ1v) is 9.05. The summed E-state index contributed by atoms with van der Waals surface area (Å²) in [5.41, 5.74) is 2.42. The van der Waals surface area contributed by atoms with Crippen molar-refractivity contribution in [2.75, 3.05) is 19.0 Å². The van der Waals surface area contributed by atoms with Gasteiger partial charge in [0.1, 0.15) is 16.9 Å². The molecule has 0 fully saturated rings. The molecule has 7 nitrogen and oxygen atoms in total. The van der Waals surface area contributed by atoms with Crippen LogP contribution in [0.3, 0.4) is 0 Å². The molecule has 0 bridgehead atoms. The summed E-state index contributed by atoms with van der Waals surface area (Å²) in [5.74, 6) is -0.721. The summed E-state index contributed by atoms with van der Waals surface area (Å²) in [6, 6.07) is 19.0. The molecule has 30 heavy (non-hydrogen) atoms. The Morgan fingerprint density at radius 3 is 2.53 bits per heavy atom. The maximum absolute atomic E-state index is 12.3. The van der Waals surface area contributed by atoms with Gasteiger partial charge >= 0.3 is 5.97 Å². The van der Waals surface area contributed by atoms with E-state index in [9.17, 15) is 9.59 Å². The number of esters is 1. The Kier molecular flexibility index (Phi) is 5.06. The minimum absolute atomic E-state index is 0.253. The first-order chi connectivity index (χ1) is 14.6. The van der Waals surface area contributed by atoms with E-state index in [0.717, 1.165) is 16.4 Å². The number of benzene rings is 3. The molecular weight excluding hydrogens is 384 g/mol. The van der Waals surface area contributed by atoms with Gasteiger partial charge in [-0.1, -0.05) is 18.2 Å². The molecule has 4 rings (SSSR count). The number of hydrogen-bond donors (Lipinski definition) is 1. The van der Waals surface area contributed by atoms with Crippen molar-refractivity contribution in [1.82, 2.24) is 0 Å². The maximum Gasteiger partial charge on any atom is 0.338 e. The van der Waals surface area contributed by atoms with Gasteiger partial charge in [0.15, 0.2) is 6.61 Å². The van der Waals surface area contributed by atoms with Crippen molar-refractivity contribution >= 4 is 39.5 Å². The first-order valence-electron chi connectivity index (χ1n) is 9.05. The fraction of sp³-hybridized carbons (Fsp3) is 0.0870. The highest BCUT2D eigenvalue weighted by atomic mass is 16.5. The molecule has 0 radical (unpaired) electrons. The van der Waals surface area contributed by atoms with Crippen LogP contribution in [0.25, 0.3) is 21.9 Å². The number of nitriles is 1. The third-order valence-corrected chi connectivity index (χ3v) is 4.56. The SMILES string of the molecule is COc1cc2c(cc1NC(=O)COC(=O)c1ccc(C#N)cc1)oc1ccccc12. The molecule has 0 aliphatic heterocycles. The van der Waals surface area contributed by atoms with Gasteiger partial charge in [-0.25, -0.2) is 4.79 Å². The molecule has 0 atom stereocenters. The van der Waals surface area contributed by atoms with Crippen LogP contribution < -0.4 is 10.1 Å². The molecule has 0 aliphatic carbocycles. The molecule has 1 amide bonds. The second-order valence-electron chi connectivity index (χ2n) is 6.46. The van der Waals surface area contributed by atoms with Gasteiger partial charge in [-0.15, -0.1) is 0 Å². The van der Waals surface area contributed by atoms with Gasteiger partial charge in [-0.2, -0.15) is 5.26 Å². The first kappa shape index (κ1) is 19.0. The number of anilines is 1. The van der Waals surface area contributed by atoms with E-state index in [0.29, 0.717) is 22.6 Å². The van der Waals surface area contributed by atoms with E-state index >= 15 is 0 Å². The van der Waals surface area contributed by atoms with E-state index in [4.69, 9.17) is 19.2 Å². The molecule has 0 spiro atoms. The van der Waals surface area contributed by atoms with Gasteiger partial charge in [0.05, 0.1) is 30.0 Å². The lowest BCUT2D eigenvalue weighted by Crippen LogP contribution is -2.21. The van der Waals surface area contributed by atoms with E-state index in [2.05, 4.69) is 5.32 Å². The lowest BCUT2D eigenvalue weighted by Gasteiger charge is -2.11. The minimum atomic E-state index is -0.658. The number of nitrogens with one attached hydrogen (secondary N) is 1. The van der Waals surface area contributed by atoms with Crippen molar-refractivity contribution < 1.29 is 23.5 Å². The molecule has 4 aromatic rings. The average molecular weight is 400 g/mol. The van der Waals surface area contributed by atoms with E-state index in [1.807, 2.05) is 30.3 Å². The maximum atomic E-state index is 12.3. The highest BCUT2D eigenvalue weighted by Gasteiger charge is 2.15. The Morgan fingerprint density at radius 1 is 1.03 bits per heavy atom. The number of nitrogens with zero attached hydrogens (tertiary/aromatic N) is 1. The second kappa shape index (κ2) is 7.97. The summed E-state index contributed by atoms with van der Waals surface area (Å²) >= 11 is 0. The normalized spacial score (nSPS) is 10.5. The van der Waals surface area contributed by atoms with Gasteiger partial charge in [-0.3, -0.25) is 4.79 Å². The molecular formula is C23H16N2O5. The van der Waals surface area contributed by atoms with Gasteiger partial charge in [-0.05, 0) is 36.4 Å². The van der Waals surface area contributed by atoms with Crippen molar-refractivity contribution in [1.29, 1.82) is 5.26 Å². The number of amides is 1. The Morgan fingerprint density at radius 2 is 1.80 bits per heavy atom. The molecule has 1 aromatic heterocycles. The summed E-state index contributed by atoms with van der Waals surface area (Å²) in [6.07, 6.45) is 0. The van der Waals surface area contributed by atoms with Gasteiger partial charge in [0, 0.05) is 16.8 Å². The summed E-state index contributed by atoms with van der Waals surface area (Å²) in [7, 11) is 1.50. The lowest BCUT2D eigenvalue weighted by molar-refractivity contribution is -0.119. The van der Waals surface area contributed by atoms with Crippen LogP contribution in [0.1, 0.15) is 15.9 Å². The van der Waals surface area contributed by atoms with Crippen molar-refractivity contribution in [2.45, 2.75) is 0 Å². The summed E-state index contributed by atoms with van der Waals surface area (Å²) < 4.78 is 16.3. The molecule has 0 saturated carbocycles. The number of para-hydroxylation sites is 1. The second-order valence-corrected chi connectivity index (χ2v) is 6.46. The average Bonchev–Trinajstić information content (AvgIpc) is 3.14. The summed E-state index contributed by atoms with van der Waals surface area (Å²) in [4.78, 5) is 24.4. The molecule has 3 aromatic carbocycles. The van der Waals surface area contributed by atoms with Crippen molar-refractivity contribution in [2.24, 2.45) is 0 Å². The molecule has 1 heterocycles. The standard InChI is InChI=1S/C23H16N2O5/c1-28-21-10-17-16-4-2-3-5-19(16)30-20(17)11-18(21)25-22(26)13-29-23(27)15-8-6-14(12-24)7-9-15/h2-11H,13H2,1H3,(H,25,26). The molecule has 0 unspecified atom stereocenters. The van der Waals surface area contributed by atoms with E-state index in [1.165, 1.54) is 31.4 Å². The zero-order valence-corrected chi connectivity index (χ0v) is 16.0. The number of carbonyl (C=O) groups is 2. The number of ether oxygens (including phenoxy) is 2. The number of furan rings is 1. The van der Waals surface area contributed by atoms with Crippen molar-refractivity contribution in [3.8, 4) is 11.8 Å². The minimum Gasteiger partial charge on any atom is -0.495 e. The van der Waals surface area contributed by atoms with E-state index in [1.54, 1.807) is 12.1 Å². The number of hydrogen-bond acceptors (Lipinski definition) is 6. The van der Waals surface area contributed by atoms with Gasteiger partial charge < -0.3 is 19.2 Å². The van der Waals surface area contributed by atoms with Crippen LogP contribution in [0, 0.1) is 11.3 Å². The number of fused-ring (bicyclic) bond motifs is 3. The number of rotatable bonds is 5. The largest absolute Gasteiger partial charge is 0.495 e.